The molecule has 0 heterocycles. The Labute approximate surface area is 150 Å². The fourth-order valence-corrected chi connectivity index (χ4v) is 4.41. The van der Waals surface area contributed by atoms with Crippen LogP contribution in [0.15, 0.2) is 30.3 Å². The van der Waals surface area contributed by atoms with Crippen molar-refractivity contribution in [3.8, 4) is 5.75 Å². The molecule has 1 nitrogen and oxygen atoms in total. The molecule has 0 spiro atoms. The molecule has 0 atom stereocenters. The Kier molecular flexibility index (Phi) is 6.28. The largest absolute Gasteiger partial charge is 0.507 e. The van der Waals surface area contributed by atoms with E-state index >= 15 is 0 Å². The molecule has 0 aromatic heterocycles. The van der Waals surface area contributed by atoms with Crippen LogP contribution in [0.4, 0.5) is 0 Å². The predicted octanol–water partition coefficient (Wildman–Crippen LogP) is 5.25. The van der Waals surface area contributed by atoms with Gasteiger partial charge in [0, 0.05) is 0 Å². The van der Waals surface area contributed by atoms with E-state index in [4.69, 9.17) is 0 Å². The first-order valence-corrected chi connectivity index (χ1v) is 10.2. The molecule has 0 saturated carbocycles. The molecule has 2 aromatic rings. The summed E-state index contributed by atoms with van der Waals surface area (Å²) < 4.78 is 0. The second-order valence-electron chi connectivity index (χ2n) is 7.36. The molecule has 0 bridgehead atoms. The number of aryl methyl sites for hydroxylation is 2. The van der Waals surface area contributed by atoms with Crippen LogP contribution in [0.5, 0.6) is 5.75 Å². The van der Waals surface area contributed by atoms with E-state index in [-0.39, 0.29) is 0 Å². The van der Waals surface area contributed by atoms with Crippen LogP contribution in [0.1, 0.15) is 67.3 Å². The van der Waals surface area contributed by atoms with Gasteiger partial charge in [0.2, 0.25) is 0 Å². The van der Waals surface area contributed by atoms with Crippen molar-refractivity contribution in [3.63, 3.8) is 0 Å². The van der Waals surface area contributed by atoms with E-state index < -0.39 is 0 Å². The quantitative estimate of drug-likeness (QED) is 0.714. The maximum absolute atomic E-state index is 10.5. The Hall–Kier alpha value is -1.54. The minimum absolute atomic E-state index is 0.351. The number of phenolic OH excluding ortho intramolecular Hbond substituents is 1. The van der Waals surface area contributed by atoms with Gasteiger partial charge in [-0.05, 0) is 59.9 Å². The lowest BCUT2D eigenvalue weighted by Crippen LogP contribution is -2.18. The van der Waals surface area contributed by atoms with Gasteiger partial charge < -0.3 is 5.11 Å². The summed E-state index contributed by atoms with van der Waals surface area (Å²) in [5, 5.41) is 12.0. The fraction of sp³-hybridized carbons (Fsp3) is 0.455. The van der Waals surface area contributed by atoms with Gasteiger partial charge in [0.15, 0.2) is 0 Å². The van der Waals surface area contributed by atoms with E-state index in [1.165, 1.54) is 27.9 Å². The molecule has 2 rings (SSSR count). The first-order valence-electron chi connectivity index (χ1n) is 8.97. The topological polar surface area (TPSA) is 20.2 Å². The lowest BCUT2D eigenvalue weighted by atomic mass is 9.91. The van der Waals surface area contributed by atoms with Crippen LogP contribution in [-0.2, 0) is 6.42 Å². The molecule has 1 N–H and O–H groups in total. The lowest BCUT2D eigenvalue weighted by molar-refractivity contribution is 0.454. The zero-order valence-electron chi connectivity index (χ0n) is 15.9. The van der Waals surface area contributed by atoms with Crippen LogP contribution in [-0.4, -0.2) is 14.6 Å². The minimum atomic E-state index is 0.351. The maximum atomic E-state index is 10.5. The summed E-state index contributed by atoms with van der Waals surface area (Å²) >= 11 is 0. The van der Waals surface area contributed by atoms with E-state index in [9.17, 15) is 5.11 Å². The Morgan fingerprint density at radius 2 is 1.54 bits per heavy atom. The standard InChI is InChI=1S/C22H30OSi/c1-14(2)19-12-18(13-20(15(3)4)22(19)23)10-11-24-21-9-7-8-16(5)17(21)6/h7-9,12-15,23H,10-11H2,1-6H3. The van der Waals surface area contributed by atoms with Crippen molar-refractivity contribution in [2.45, 2.75) is 65.8 Å². The summed E-state index contributed by atoms with van der Waals surface area (Å²) in [4.78, 5) is 0. The van der Waals surface area contributed by atoms with E-state index in [0.29, 0.717) is 17.6 Å². The van der Waals surface area contributed by atoms with Crippen LogP contribution >= 0.6 is 0 Å². The van der Waals surface area contributed by atoms with Crippen molar-refractivity contribution in [2.75, 3.05) is 0 Å². The van der Waals surface area contributed by atoms with E-state index in [1.807, 2.05) is 0 Å². The average Bonchev–Trinajstić information content (AvgIpc) is 2.52. The molecule has 2 aromatic carbocycles. The van der Waals surface area contributed by atoms with Crippen molar-refractivity contribution in [1.29, 1.82) is 0 Å². The molecule has 0 saturated heterocycles. The van der Waals surface area contributed by atoms with Gasteiger partial charge in [-0.3, -0.25) is 0 Å². The number of benzene rings is 2. The lowest BCUT2D eigenvalue weighted by Gasteiger charge is -2.17. The molecule has 0 aliphatic rings. The zero-order valence-corrected chi connectivity index (χ0v) is 16.9. The van der Waals surface area contributed by atoms with Gasteiger partial charge in [0.05, 0.1) is 9.52 Å². The zero-order chi connectivity index (χ0) is 17.9. The summed E-state index contributed by atoms with van der Waals surface area (Å²) in [5.41, 5.74) is 6.36. The van der Waals surface area contributed by atoms with Crippen molar-refractivity contribution in [3.05, 3.63) is 58.1 Å². The van der Waals surface area contributed by atoms with E-state index in [2.05, 4.69) is 71.9 Å². The molecule has 24 heavy (non-hydrogen) atoms. The van der Waals surface area contributed by atoms with Gasteiger partial charge in [-0.1, -0.05) is 69.3 Å². The monoisotopic (exact) mass is 338 g/mol. The highest BCUT2D eigenvalue weighted by Crippen LogP contribution is 2.35. The Balaban J connectivity index is 2.16. The van der Waals surface area contributed by atoms with E-state index in [0.717, 1.165) is 27.1 Å². The Morgan fingerprint density at radius 1 is 0.958 bits per heavy atom. The highest BCUT2D eigenvalue weighted by atomic mass is 28.2. The van der Waals surface area contributed by atoms with Crippen LogP contribution in [0.3, 0.4) is 0 Å². The fourth-order valence-electron chi connectivity index (χ4n) is 3.05. The first-order chi connectivity index (χ1) is 11.3. The summed E-state index contributed by atoms with van der Waals surface area (Å²) in [6.07, 6.45) is 1.07. The molecule has 0 aliphatic carbocycles. The van der Waals surface area contributed by atoms with Crippen molar-refractivity contribution in [1.82, 2.24) is 0 Å². The summed E-state index contributed by atoms with van der Waals surface area (Å²) in [6, 6.07) is 12.2. The number of phenols is 1. The molecular formula is C22H30OSi. The molecule has 128 valence electrons. The highest BCUT2D eigenvalue weighted by Gasteiger charge is 2.15. The smallest absolute Gasteiger partial charge is 0.122 e. The SMILES string of the molecule is Cc1cccc([Si]CCc2cc(C(C)C)c(O)c(C(C)C)c2)c1C. The highest BCUT2D eigenvalue weighted by molar-refractivity contribution is 6.54. The van der Waals surface area contributed by atoms with Crippen molar-refractivity contribution < 1.29 is 5.11 Å². The maximum Gasteiger partial charge on any atom is 0.122 e. The van der Waals surface area contributed by atoms with Crippen LogP contribution in [0.25, 0.3) is 0 Å². The van der Waals surface area contributed by atoms with Crippen LogP contribution in [0.2, 0.25) is 6.04 Å². The molecule has 0 amide bonds. The van der Waals surface area contributed by atoms with Gasteiger partial charge in [0.25, 0.3) is 0 Å². The van der Waals surface area contributed by atoms with Gasteiger partial charge in [-0.15, -0.1) is 0 Å². The van der Waals surface area contributed by atoms with Crippen molar-refractivity contribution >= 4 is 14.7 Å². The Bertz CT molecular complexity index is 672. The molecule has 2 heteroatoms. The van der Waals surface area contributed by atoms with Gasteiger partial charge >= 0.3 is 0 Å². The molecule has 0 fully saturated rings. The minimum Gasteiger partial charge on any atom is -0.507 e. The van der Waals surface area contributed by atoms with Crippen molar-refractivity contribution in [2.24, 2.45) is 0 Å². The van der Waals surface area contributed by atoms with Crippen LogP contribution < -0.4 is 5.19 Å². The summed E-state index contributed by atoms with van der Waals surface area (Å²) in [6.45, 7) is 13.0. The average molecular weight is 339 g/mol. The third-order valence-electron chi connectivity index (χ3n) is 4.81. The third-order valence-corrected chi connectivity index (χ3v) is 6.23. The molecule has 0 unspecified atom stereocenters. The molecule has 0 aliphatic heterocycles. The molecule has 2 radical (unpaired) electrons. The molecular weight excluding hydrogens is 308 g/mol. The normalized spacial score (nSPS) is 11.5. The number of rotatable bonds is 6. The second-order valence-corrected chi connectivity index (χ2v) is 8.75. The second kappa shape index (κ2) is 8.02. The predicted molar refractivity (Wildman–Crippen MR) is 106 cm³/mol. The van der Waals surface area contributed by atoms with Gasteiger partial charge in [-0.25, -0.2) is 0 Å². The summed E-state index contributed by atoms with van der Waals surface area (Å²) in [7, 11) is 0.843. The third kappa shape index (κ3) is 4.30. The number of aromatic hydroxyl groups is 1. The first kappa shape index (κ1) is 18.8. The number of hydrogen-bond donors (Lipinski definition) is 1. The van der Waals surface area contributed by atoms with E-state index in [1.54, 1.807) is 0 Å². The van der Waals surface area contributed by atoms with Gasteiger partial charge in [0.1, 0.15) is 5.75 Å². The number of hydrogen-bond acceptors (Lipinski definition) is 1. The van der Waals surface area contributed by atoms with Gasteiger partial charge in [-0.2, -0.15) is 0 Å². The van der Waals surface area contributed by atoms with Crippen LogP contribution in [0, 0.1) is 13.8 Å². The Morgan fingerprint density at radius 3 is 2.08 bits per heavy atom. The summed E-state index contributed by atoms with van der Waals surface area (Å²) in [5.74, 6) is 1.20.